The van der Waals surface area contributed by atoms with Crippen molar-refractivity contribution in [1.82, 2.24) is 5.01 Å². The maximum Gasteiger partial charge on any atom is 0.254 e. The Balaban J connectivity index is 1.18. The monoisotopic (exact) mass is 428 g/mol. The Hall–Kier alpha value is -3.41. The van der Waals surface area contributed by atoms with Crippen LogP contribution in [-0.4, -0.2) is 30.1 Å². The number of carbonyl (C=O) groups excluding carboxylic acids is 2. The molecule has 1 heterocycles. The molecule has 5 aliphatic rings. The second-order valence-electron chi connectivity index (χ2n) is 9.07. The summed E-state index contributed by atoms with van der Waals surface area (Å²) in [5.74, 6) is 1.98. The Morgan fingerprint density at radius 3 is 2.31 bits per heavy atom. The van der Waals surface area contributed by atoms with Gasteiger partial charge in [0.2, 0.25) is 0 Å². The van der Waals surface area contributed by atoms with Crippen molar-refractivity contribution >= 4 is 18.0 Å². The number of nitrogens with zero attached hydrogens (tertiary/aromatic N) is 2. The molecule has 2 bridgehead atoms. The van der Waals surface area contributed by atoms with Crippen LogP contribution in [0.5, 0.6) is 11.5 Å². The number of hydrazone groups is 1. The van der Waals surface area contributed by atoms with Gasteiger partial charge in [-0.2, -0.15) is 10.1 Å². The van der Waals surface area contributed by atoms with Gasteiger partial charge in [-0.3, -0.25) is 9.59 Å². The molecule has 0 unspecified atom stereocenters. The first kappa shape index (κ1) is 19.3. The SMILES string of the molecule is COc1cc(/C=N\N2C(=O)[C@@H]3[C@@H]4C=C[C@H]([C@@H]5C[C@H]45)[C@@H]3C2=O)ccc1OCc1ccccc1. The standard InChI is InChI=1S/C26H24N2O4/c1-31-22-11-16(7-10-21(22)32-14-15-5-3-2-4-6-15)13-27-28-25(29)23-17-8-9-18(20-12-19(17)20)24(23)26(28)30/h2-11,13,17-20,23-24H,12,14H2,1H3/b27-13-/t17-,18-,19-,20+,23-,24+/m1/s1. The number of hydrogen-bond acceptors (Lipinski definition) is 5. The largest absolute Gasteiger partial charge is 0.493 e. The third-order valence-electron chi connectivity index (χ3n) is 7.39. The zero-order chi connectivity index (χ0) is 21.8. The molecular formula is C26H24N2O4. The number of rotatable bonds is 6. The number of ether oxygens (including phenoxy) is 2. The lowest BCUT2D eigenvalue weighted by Crippen LogP contribution is -2.40. The van der Waals surface area contributed by atoms with Gasteiger partial charge in [-0.05, 0) is 59.4 Å². The van der Waals surface area contributed by atoms with E-state index in [-0.39, 0.29) is 35.5 Å². The Bertz CT molecular complexity index is 1110. The normalized spacial score (nSPS) is 31.7. The summed E-state index contributed by atoms with van der Waals surface area (Å²) in [5, 5.41) is 5.40. The molecule has 2 amide bonds. The van der Waals surface area contributed by atoms with Crippen molar-refractivity contribution in [2.24, 2.45) is 40.6 Å². The number of benzene rings is 2. The summed E-state index contributed by atoms with van der Waals surface area (Å²) < 4.78 is 11.4. The van der Waals surface area contributed by atoms with E-state index in [0.717, 1.165) is 22.6 Å². The molecule has 6 nitrogen and oxygen atoms in total. The van der Waals surface area contributed by atoms with Gasteiger partial charge in [-0.15, -0.1) is 0 Å². The Kier molecular flexibility index (Phi) is 4.42. The summed E-state index contributed by atoms with van der Waals surface area (Å²) in [6, 6.07) is 15.4. The number of amides is 2. The second kappa shape index (κ2) is 7.33. The fourth-order valence-electron chi connectivity index (χ4n) is 5.80. The molecule has 6 heteroatoms. The van der Waals surface area contributed by atoms with Crippen molar-refractivity contribution in [2.45, 2.75) is 13.0 Å². The number of hydrogen-bond donors (Lipinski definition) is 0. The van der Waals surface area contributed by atoms with Gasteiger partial charge >= 0.3 is 0 Å². The fraction of sp³-hybridized carbons (Fsp3) is 0.346. The van der Waals surface area contributed by atoms with Crippen LogP contribution < -0.4 is 9.47 Å². The lowest BCUT2D eigenvalue weighted by atomic mass is 9.63. The average Bonchev–Trinajstić information content (AvgIpc) is 3.61. The van der Waals surface area contributed by atoms with E-state index in [2.05, 4.69) is 17.3 Å². The van der Waals surface area contributed by atoms with E-state index < -0.39 is 0 Å². The zero-order valence-corrected chi connectivity index (χ0v) is 17.8. The highest BCUT2D eigenvalue weighted by atomic mass is 16.5. The Labute approximate surface area is 186 Å². The first-order valence-electron chi connectivity index (χ1n) is 11.1. The molecule has 2 saturated carbocycles. The van der Waals surface area contributed by atoms with E-state index in [9.17, 15) is 9.59 Å². The van der Waals surface area contributed by atoms with Crippen molar-refractivity contribution in [3.05, 3.63) is 71.8 Å². The smallest absolute Gasteiger partial charge is 0.254 e. The Morgan fingerprint density at radius 2 is 1.66 bits per heavy atom. The molecule has 32 heavy (non-hydrogen) atoms. The number of carbonyl (C=O) groups is 2. The molecule has 1 aliphatic heterocycles. The van der Waals surface area contributed by atoms with E-state index in [1.165, 1.54) is 0 Å². The lowest BCUT2D eigenvalue weighted by Gasteiger charge is -2.37. The summed E-state index contributed by atoms with van der Waals surface area (Å²) >= 11 is 0. The van der Waals surface area contributed by atoms with Crippen LogP contribution in [0.25, 0.3) is 0 Å². The van der Waals surface area contributed by atoms with Crippen LogP contribution in [0.4, 0.5) is 0 Å². The molecule has 2 aromatic carbocycles. The van der Waals surface area contributed by atoms with E-state index in [1.54, 1.807) is 19.4 Å². The highest BCUT2D eigenvalue weighted by Gasteiger charge is 2.67. The van der Waals surface area contributed by atoms with Crippen molar-refractivity contribution in [2.75, 3.05) is 7.11 Å². The molecule has 2 aromatic rings. The van der Waals surface area contributed by atoms with Crippen LogP contribution in [0.3, 0.4) is 0 Å². The summed E-state index contributed by atoms with van der Waals surface area (Å²) in [6.45, 7) is 0.433. The highest BCUT2D eigenvalue weighted by Crippen LogP contribution is 2.65. The van der Waals surface area contributed by atoms with E-state index in [1.807, 2.05) is 42.5 Å². The van der Waals surface area contributed by atoms with Crippen LogP contribution in [0.1, 0.15) is 17.5 Å². The van der Waals surface area contributed by atoms with Crippen LogP contribution in [0.15, 0.2) is 65.8 Å². The summed E-state index contributed by atoms with van der Waals surface area (Å²) in [6.07, 6.45) is 7.03. The minimum absolute atomic E-state index is 0.157. The van der Waals surface area contributed by atoms with Crippen LogP contribution in [0.2, 0.25) is 0 Å². The Morgan fingerprint density at radius 1 is 0.969 bits per heavy atom. The highest BCUT2D eigenvalue weighted by molar-refractivity contribution is 6.06. The number of allylic oxidation sites excluding steroid dienone is 2. The number of methoxy groups -OCH3 is 1. The predicted octanol–water partition coefficient (Wildman–Crippen LogP) is 3.66. The molecule has 4 aliphatic carbocycles. The van der Waals surface area contributed by atoms with Crippen LogP contribution in [0, 0.1) is 35.5 Å². The molecule has 7 rings (SSSR count). The third kappa shape index (κ3) is 2.97. The van der Waals surface area contributed by atoms with Gasteiger partial charge in [0.05, 0.1) is 25.2 Å². The number of imide groups is 1. The van der Waals surface area contributed by atoms with Crippen molar-refractivity contribution in [3.63, 3.8) is 0 Å². The summed E-state index contributed by atoms with van der Waals surface area (Å²) in [7, 11) is 1.58. The van der Waals surface area contributed by atoms with Gasteiger partial charge < -0.3 is 9.47 Å². The van der Waals surface area contributed by atoms with Gasteiger partial charge in [-0.1, -0.05) is 42.5 Å². The van der Waals surface area contributed by atoms with Crippen LogP contribution >= 0.6 is 0 Å². The first-order valence-corrected chi connectivity index (χ1v) is 11.1. The lowest BCUT2D eigenvalue weighted by molar-refractivity contribution is -0.140. The molecule has 162 valence electrons. The minimum atomic E-state index is -0.235. The van der Waals surface area contributed by atoms with Gasteiger partial charge in [0.1, 0.15) is 6.61 Å². The summed E-state index contributed by atoms with van der Waals surface area (Å²) in [4.78, 5) is 26.1. The molecule has 0 N–H and O–H groups in total. The molecule has 0 spiro atoms. The van der Waals surface area contributed by atoms with Crippen molar-refractivity contribution < 1.29 is 19.1 Å². The van der Waals surface area contributed by atoms with Crippen molar-refractivity contribution in [1.29, 1.82) is 0 Å². The molecular weight excluding hydrogens is 404 g/mol. The minimum Gasteiger partial charge on any atom is -0.493 e. The third-order valence-corrected chi connectivity index (χ3v) is 7.39. The van der Waals surface area contributed by atoms with E-state index in [0.29, 0.717) is 29.9 Å². The maximum absolute atomic E-state index is 13.0. The van der Waals surface area contributed by atoms with Crippen LogP contribution in [-0.2, 0) is 16.2 Å². The molecule has 3 fully saturated rings. The molecule has 6 atom stereocenters. The van der Waals surface area contributed by atoms with E-state index >= 15 is 0 Å². The molecule has 0 aromatic heterocycles. The second-order valence-corrected chi connectivity index (χ2v) is 9.07. The molecule has 0 radical (unpaired) electrons. The van der Waals surface area contributed by atoms with Gasteiger partial charge in [0.25, 0.3) is 11.8 Å². The zero-order valence-electron chi connectivity index (χ0n) is 17.8. The maximum atomic E-state index is 13.0. The quantitative estimate of drug-likeness (QED) is 0.400. The van der Waals surface area contributed by atoms with Crippen molar-refractivity contribution in [3.8, 4) is 11.5 Å². The predicted molar refractivity (Wildman–Crippen MR) is 118 cm³/mol. The molecule has 1 saturated heterocycles. The summed E-state index contributed by atoms with van der Waals surface area (Å²) in [5.41, 5.74) is 1.79. The van der Waals surface area contributed by atoms with Gasteiger partial charge in [-0.25, -0.2) is 0 Å². The average molecular weight is 428 g/mol. The van der Waals surface area contributed by atoms with Gasteiger partial charge in [0.15, 0.2) is 11.5 Å². The topological polar surface area (TPSA) is 68.2 Å². The van der Waals surface area contributed by atoms with E-state index in [4.69, 9.17) is 9.47 Å². The first-order chi connectivity index (χ1) is 15.7. The van der Waals surface area contributed by atoms with Gasteiger partial charge in [0, 0.05) is 0 Å². The fourth-order valence-corrected chi connectivity index (χ4v) is 5.80.